The van der Waals surface area contributed by atoms with E-state index in [1.165, 1.54) is 0 Å². The standard InChI is InChI=1S/C37H43N3O4/c1-26(2)36(40-35(43)25-29-17-18-30-15-9-10-16-31(30)23-29)37(44)39-32(24-28-13-7-4-8-14-28)33(41)19-20-34(42)38-22-21-27-11-5-3-6-12-27/h3-18,23,26,32-33,36,41H,19-22,24-25H2,1-2H3,(H,38,42)(H,39,44)(H,40,43)/t32-,33-,36?/m0/s1. The Bertz CT molecular complexity index is 1510. The molecule has 0 aliphatic heterocycles. The van der Waals surface area contributed by atoms with E-state index in [0.717, 1.165) is 33.9 Å². The van der Waals surface area contributed by atoms with Gasteiger partial charge in [0, 0.05) is 13.0 Å². The number of carbonyl (C=O) groups excluding carboxylic acids is 3. The quantitative estimate of drug-likeness (QED) is 0.160. The Kier molecular flexibility index (Phi) is 12.1. The number of hydrogen-bond donors (Lipinski definition) is 4. The van der Waals surface area contributed by atoms with Crippen molar-refractivity contribution in [3.05, 3.63) is 120 Å². The van der Waals surface area contributed by atoms with E-state index in [-0.39, 0.29) is 42.9 Å². The van der Waals surface area contributed by atoms with Gasteiger partial charge in [-0.25, -0.2) is 0 Å². The largest absolute Gasteiger partial charge is 0.391 e. The number of amides is 3. The Balaban J connectivity index is 1.35. The van der Waals surface area contributed by atoms with Crippen LogP contribution in [0.3, 0.4) is 0 Å². The molecule has 4 rings (SSSR count). The summed E-state index contributed by atoms with van der Waals surface area (Å²) in [5.74, 6) is -0.938. The topological polar surface area (TPSA) is 108 Å². The molecule has 3 amide bonds. The Morgan fingerprint density at radius 1 is 0.705 bits per heavy atom. The molecule has 0 aliphatic rings. The first-order valence-electron chi connectivity index (χ1n) is 15.4. The summed E-state index contributed by atoms with van der Waals surface area (Å²) in [6.45, 7) is 4.27. The molecular weight excluding hydrogens is 550 g/mol. The predicted molar refractivity (Wildman–Crippen MR) is 175 cm³/mol. The van der Waals surface area contributed by atoms with Crippen LogP contribution in [0.4, 0.5) is 0 Å². The van der Waals surface area contributed by atoms with Crippen molar-refractivity contribution in [2.75, 3.05) is 6.54 Å². The number of nitrogens with one attached hydrogen (secondary N) is 3. The normalized spacial score (nSPS) is 13.2. The van der Waals surface area contributed by atoms with E-state index in [1.807, 2.05) is 117 Å². The number of aliphatic hydroxyl groups is 1. The monoisotopic (exact) mass is 593 g/mol. The number of aliphatic hydroxyl groups excluding tert-OH is 1. The molecule has 0 saturated heterocycles. The van der Waals surface area contributed by atoms with Crippen molar-refractivity contribution in [3.8, 4) is 0 Å². The first kappa shape index (κ1) is 32.4. The van der Waals surface area contributed by atoms with Crippen molar-refractivity contribution in [1.82, 2.24) is 16.0 Å². The van der Waals surface area contributed by atoms with Crippen LogP contribution in [0, 0.1) is 5.92 Å². The van der Waals surface area contributed by atoms with E-state index in [9.17, 15) is 19.5 Å². The second-order valence-electron chi connectivity index (χ2n) is 11.6. The Morgan fingerprint density at radius 3 is 2.02 bits per heavy atom. The van der Waals surface area contributed by atoms with E-state index in [0.29, 0.717) is 13.0 Å². The zero-order valence-corrected chi connectivity index (χ0v) is 25.5. The van der Waals surface area contributed by atoms with E-state index in [1.54, 1.807) is 0 Å². The SMILES string of the molecule is CC(C)C(NC(=O)Cc1ccc2ccccc2c1)C(=O)N[C@@H](Cc1ccccc1)[C@@H](O)CCC(=O)NCCc1ccccc1. The molecule has 4 aromatic rings. The van der Waals surface area contributed by atoms with Crippen LogP contribution >= 0.6 is 0 Å². The molecular formula is C37H43N3O4. The molecule has 0 aromatic heterocycles. The molecule has 4 N–H and O–H groups in total. The third kappa shape index (κ3) is 10.1. The minimum atomic E-state index is -0.958. The summed E-state index contributed by atoms with van der Waals surface area (Å²) >= 11 is 0. The zero-order chi connectivity index (χ0) is 31.3. The number of rotatable bonds is 15. The van der Waals surface area contributed by atoms with Gasteiger partial charge in [0.2, 0.25) is 17.7 Å². The molecule has 0 spiro atoms. The summed E-state index contributed by atoms with van der Waals surface area (Å²) in [6.07, 6.45) is 0.629. The Labute approximate surface area is 260 Å². The van der Waals surface area contributed by atoms with Crippen LogP contribution < -0.4 is 16.0 Å². The molecule has 44 heavy (non-hydrogen) atoms. The van der Waals surface area contributed by atoms with Gasteiger partial charge < -0.3 is 21.1 Å². The fourth-order valence-corrected chi connectivity index (χ4v) is 5.28. The van der Waals surface area contributed by atoms with Gasteiger partial charge in [-0.2, -0.15) is 0 Å². The third-order valence-corrected chi connectivity index (χ3v) is 7.78. The first-order chi connectivity index (χ1) is 21.3. The van der Waals surface area contributed by atoms with Crippen LogP contribution in [0.25, 0.3) is 10.8 Å². The molecule has 230 valence electrons. The predicted octanol–water partition coefficient (Wildman–Crippen LogP) is 4.75. The molecule has 7 heteroatoms. The van der Waals surface area contributed by atoms with Crippen LogP contribution in [0.5, 0.6) is 0 Å². The molecule has 0 fully saturated rings. The number of carbonyl (C=O) groups is 3. The van der Waals surface area contributed by atoms with Gasteiger partial charge in [0.05, 0.1) is 18.6 Å². The smallest absolute Gasteiger partial charge is 0.243 e. The van der Waals surface area contributed by atoms with Gasteiger partial charge in [-0.1, -0.05) is 117 Å². The van der Waals surface area contributed by atoms with Crippen LogP contribution in [-0.2, 0) is 33.6 Å². The average molecular weight is 594 g/mol. The fraction of sp³-hybridized carbons (Fsp3) is 0.324. The van der Waals surface area contributed by atoms with Crippen molar-refractivity contribution in [1.29, 1.82) is 0 Å². The first-order valence-corrected chi connectivity index (χ1v) is 15.4. The lowest BCUT2D eigenvalue weighted by molar-refractivity contribution is -0.130. The van der Waals surface area contributed by atoms with Gasteiger partial charge in [0.25, 0.3) is 0 Å². The van der Waals surface area contributed by atoms with Crippen molar-refractivity contribution in [2.24, 2.45) is 5.92 Å². The number of benzene rings is 4. The summed E-state index contributed by atoms with van der Waals surface area (Å²) < 4.78 is 0. The van der Waals surface area contributed by atoms with Crippen LogP contribution in [0.1, 0.15) is 43.4 Å². The highest BCUT2D eigenvalue weighted by Gasteiger charge is 2.29. The molecule has 0 radical (unpaired) electrons. The maximum Gasteiger partial charge on any atom is 0.243 e. The van der Waals surface area contributed by atoms with Crippen molar-refractivity contribution in [3.63, 3.8) is 0 Å². The maximum atomic E-state index is 13.6. The number of hydrogen-bond acceptors (Lipinski definition) is 4. The minimum absolute atomic E-state index is 0.132. The number of fused-ring (bicyclic) bond motifs is 1. The summed E-state index contributed by atoms with van der Waals surface area (Å²) in [6, 6.07) is 32.0. The van der Waals surface area contributed by atoms with Crippen molar-refractivity contribution < 1.29 is 19.5 Å². The van der Waals surface area contributed by atoms with E-state index >= 15 is 0 Å². The highest BCUT2D eigenvalue weighted by Crippen LogP contribution is 2.17. The lowest BCUT2D eigenvalue weighted by atomic mass is 9.96. The molecule has 0 heterocycles. The van der Waals surface area contributed by atoms with Crippen LogP contribution in [-0.4, -0.2) is 47.6 Å². The highest BCUT2D eigenvalue weighted by molar-refractivity contribution is 5.90. The molecule has 0 aliphatic carbocycles. The molecule has 3 atom stereocenters. The van der Waals surface area contributed by atoms with E-state index in [4.69, 9.17) is 0 Å². The molecule has 0 bridgehead atoms. The van der Waals surface area contributed by atoms with Gasteiger partial charge in [-0.3, -0.25) is 14.4 Å². The lowest BCUT2D eigenvalue weighted by Crippen LogP contribution is -2.55. The van der Waals surface area contributed by atoms with Gasteiger partial charge >= 0.3 is 0 Å². The molecule has 1 unspecified atom stereocenters. The van der Waals surface area contributed by atoms with Crippen molar-refractivity contribution >= 4 is 28.5 Å². The van der Waals surface area contributed by atoms with Crippen LogP contribution in [0.2, 0.25) is 0 Å². The van der Waals surface area contributed by atoms with Gasteiger partial charge in [-0.15, -0.1) is 0 Å². The summed E-state index contributed by atoms with van der Waals surface area (Å²) in [4.78, 5) is 39.1. The van der Waals surface area contributed by atoms with E-state index in [2.05, 4.69) is 16.0 Å². The Morgan fingerprint density at radius 2 is 1.34 bits per heavy atom. The molecule has 0 saturated carbocycles. The lowest BCUT2D eigenvalue weighted by Gasteiger charge is -2.28. The third-order valence-electron chi connectivity index (χ3n) is 7.78. The van der Waals surface area contributed by atoms with Gasteiger partial charge in [0.15, 0.2) is 0 Å². The average Bonchev–Trinajstić information content (AvgIpc) is 3.03. The second-order valence-corrected chi connectivity index (χ2v) is 11.6. The summed E-state index contributed by atoms with van der Waals surface area (Å²) in [5.41, 5.74) is 2.96. The van der Waals surface area contributed by atoms with Crippen LogP contribution in [0.15, 0.2) is 103 Å². The van der Waals surface area contributed by atoms with Gasteiger partial charge in [0.1, 0.15) is 6.04 Å². The van der Waals surface area contributed by atoms with Crippen molar-refractivity contribution in [2.45, 2.75) is 64.1 Å². The fourth-order valence-electron chi connectivity index (χ4n) is 5.28. The van der Waals surface area contributed by atoms with Gasteiger partial charge in [-0.05, 0) is 52.6 Å². The summed E-state index contributed by atoms with van der Waals surface area (Å²) in [7, 11) is 0. The minimum Gasteiger partial charge on any atom is -0.391 e. The maximum absolute atomic E-state index is 13.6. The second kappa shape index (κ2) is 16.4. The molecule has 4 aromatic carbocycles. The molecule has 7 nitrogen and oxygen atoms in total. The summed E-state index contributed by atoms with van der Waals surface area (Å²) in [5, 5.41) is 22.1. The highest BCUT2D eigenvalue weighted by atomic mass is 16.3. The zero-order valence-electron chi connectivity index (χ0n) is 25.5. The van der Waals surface area contributed by atoms with E-state index < -0.39 is 18.2 Å². The Hall–Kier alpha value is -4.49.